The molecule has 29 heavy (non-hydrogen) atoms. The molecule has 2 aromatic heterocycles. The maximum absolute atomic E-state index is 12.7. The molecule has 1 saturated carbocycles. The molecule has 0 spiro atoms. The van der Waals surface area contributed by atoms with Crippen LogP contribution in [0, 0.1) is 25.7 Å². The Balaban J connectivity index is 1.62. The fraction of sp³-hybridized carbons (Fsp3) is 0.619. The summed E-state index contributed by atoms with van der Waals surface area (Å²) >= 11 is 1.46. The van der Waals surface area contributed by atoms with Crippen molar-refractivity contribution in [2.45, 2.75) is 72.6 Å². The number of ether oxygens (including phenoxy) is 1. The first-order valence-corrected chi connectivity index (χ1v) is 11.0. The second kappa shape index (κ2) is 8.65. The summed E-state index contributed by atoms with van der Waals surface area (Å²) in [7, 11) is 0. The van der Waals surface area contributed by atoms with E-state index in [0.29, 0.717) is 22.1 Å². The van der Waals surface area contributed by atoms with Gasteiger partial charge >= 0.3 is 5.97 Å². The number of nitrogens with zero attached hydrogens (tertiary/aromatic N) is 2. The lowest BCUT2D eigenvalue weighted by Crippen LogP contribution is -2.47. The first-order chi connectivity index (χ1) is 13.7. The highest BCUT2D eigenvalue weighted by molar-refractivity contribution is 7.18. The standard InChI is InChI=1S/C21H29N3O4S/c1-11-7-6-8-16(12(11)2)23-19(26)14(4)28-17(25)9-24-10-22-20-18(21(24)27)13(3)15(5)29-20/h10-12,14,16H,6-9H2,1-5H3,(H,23,26)/t11-,12-,14+,16+/m0/s1. The Bertz CT molecular complexity index is 980. The van der Waals surface area contributed by atoms with Gasteiger partial charge in [-0.1, -0.05) is 26.7 Å². The Hall–Kier alpha value is -2.22. The van der Waals surface area contributed by atoms with Crippen molar-refractivity contribution in [2.75, 3.05) is 0 Å². The van der Waals surface area contributed by atoms with Gasteiger partial charge in [-0.2, -0.15) is 0 Å². The summed E-state index contributed by atoms with van der Waals surface area (Å²) in [5.41, 5.74) is 0.615. The number of hydrogen-bond donors (Lipinski definition) is 1. The number of carbonyl (C=O) groups is 2. The molecule has 4 atom stereocenters. The van der Waals surface area contributed by atoms with Crippen molar-refractivity contribution in [1.82, 2.24) is 14.9 Å². The molecule has 1 fully saturated rings. The molecule has 1 N–H and O–H groups in total. The number of esters is 1. The zero-order chi connectivity index (χ0) is 21.3. The molecule has 3 rings (SSSR count). The molecule has 2 aromatic rings. The van der Waals surface area contributed by atoms with E-state index in [2.05, 4.69) is 24.1 Å². The topological polar surface area (TPSA) is 90.3 Å². The van der Waals surface area contributed by atoms with Gasteiger partial charge in [0.1, 0.15) is 11.4 Å². The largest absolute Gasteiger partial charge is 0.451 e. The molecule has 1 aliphatic rings. The van der Waals surface area contributed by atoms with Crippen LogP contribution in [0.3, 0.4) is 0 Å². The van der Waals surface area contributed by atoms with Crippen LogP contribution in [0.25, 0.3) is 10.2 Å². The van der Waals surface area contributed by atoms with Crippen LogP contribution in [0.5, 0.6) is 0 Å². The highest BCUT2D eigenvalue weighted by atomic mass is 32.1. The monoisotopic (exact) mass is 419 g/mol. The van der Waals surface area contributed by atoms with Crippen LogP contribution in [-0.4, -0.2) is 33.6 Å². The van der Waals surface area contributed by atoms with Crippen LogP contribution in [-0.2, 0) is 20.9 Å². The van der Waals surface area contributed by atoms with Crippen molar-refractivity contribution in [1.29, 1.82) is 0 Å². The van der Waals surface area contributed by atoms with E-state index in [9.17, 15) is 14.4 Å². The van der Waals surface area contributed by atoms with Gasteiger partial charge in [0.25, 0.3) is 11.5 Å². The van der Waals surface area contributed by atoms with Crippen LogP contribution in [0.1, 0.15) is 50.5 Å². The molecule has 0 bridgehead atoms. The molecule has 8 heteroatoms. The lowest BCUT2D eigenvalue weighted by atomic mass is 9.78. The number of aryl methyl sites for hydroxylation is 2. The minimum Gasteiger partial charge on any atom is -0.451 e. The fourth-order valence-corrected chi connectivity index (χ4v) is 4.88. The normalized spacial score (nSPS) is 23.0. The Morgan fingerprint density at radius 2 is 2.07 bits per heavy atom. The van der Waals surface area contributed by atoms with E-state index < -0.39 is 12.1 Å². The molecular formula is C21H29N3O4S. The lowest BCUT2D eigenvalue weighted by Gasteiger charge is -2.35. The van der Waals surface area contributed by atoms with E-state index in [1.165, 1.54) is 28.7 Å². The van der Waals surface area contributed by atoms with Gasteiger partial charge < -0.3 is 10.1 Å². The van der Waals surface area contributed by atoms with Crippen molar-refractivity contribution >= 4 is 33.4 Å². The molecule has 0 aromatic carbocycles. The average Bonchev–Trinajstić information content (AvgIpc) is 2.96. The van der Waals surface area contributed by atoms with Crippen LogP contribution in [0.2, 0.25) is 0 Å². The molecule has 0 unspecified atom stereocenters. The van der Waals surface area contributed by atoms with E-state index >= 15 is 0 Å². The Labute approximate surface area is 174 Å². The summed E-state index contributed by atoms with van der Waals surface area (Å²) in [6, 6.07) is 0.103. The van der Waals surface area contributed by atoms with Gasteiger partial charge in [0.15, 0.2) is 6.10 Å². The number of rotatable bonds is 5. The van der Waals surface area contributed by atoms with Crippen molar-refractivity contribution in [3.05, 3.63) is 27.1 Å². The predicted molar refractivity (Wildman–Crippen MR) is 113 cm³/mol. The molecule has 158 valence electrons. The number of nitrogens with one attached hydrogen (secondary N) is 1. The molecule has 0 radical (unpaired) electrons. The van der Waals surface area contributed by atoms with Gasteiger partial charge in [-0.3, -0.25) is 19.0 Å². The van der Waals surface area contributed by atoms with Gasteiger partial charge in [0.2, 0.25) is 0 Å². The van der Waals surface area contributed by atoms with Crippen molar-refractivity contribution in [3.63, 3.8) is 0 Å². The summed E-state index contributed by atoms with van der Waals surface area (Å²) in [6.45, 7) is 9.44. The zero-order valence-corrected chi connectivity index (χ0v) is 18.5. The number of carbonyl (C=O) groups excluding carboxylic acids is 2. The number of hydrogen-bond acceptors (Lipinski definition) is 6. The molecule has 1 aliphatic carbocycles. The van der Waals surface area contributed by atoms with Crippen LogP contribution in [0.4, 0.5) is 0 Å². The highest BCUT2D eigenvalue weighted by Gasteiger charge is 2.30. The summed E-state index contributed by atoms with van der Waals surface area (Å²) < 4.78 is 6.52. The molecule has 7 nitrogen and oxygen atoms in total. The van der Waals surface area contributed by atoms with E-state index in [0.717, 1.165) is 23.3 Å². The molecule has 1 amide bonds. The van der Waals surface area contributed by atoms with Crippen molar-refractivity contribution in [2.24, 2.45) is 11.8 Å². The van der Waals surface area contributed by atoms with Crippen molar-refractivity contribution < 1.29 is 14.3 Å². The fourth-order valence-electron chi connectivity index (χ4n) is 3.90. The maximum Gasteiger partial charge on any atom is 0.326 e. The van der Waals surface area contributed by atoms with E-state index in [4.69, 9.17) is 4.74 Å². The number of fused-ring (bicyclic) bond motifs is 1. The SMILES string of the molecule is Cc1sc2ncn(CC(=O)O[C@H](C)C(=O)N[C@@H]3CCC[C@H](C)[C@@H]3C)c(=O)c2c1C. The summed E-state index contributed by atoms with van der Waals surface area (Å²) in [5.74, 6) is 0.0229. The predicted octanol–water partition coefficient (Wildman–Crippen LogP) is 2.95. The molecular weight excluding hydrogens is 390 g/mol. The third-order valence-electron chi connectivity index (χ3n) is 6.17. The number of amides is 1. The maximum atomic E-state index is 12.7. The van der Waals surface area contributed by atoms with E-state index in [1.807, 2.05) is 13.8 Å². The second-order valence-corrected chi connectivity index (χ2v) is 9.36. The van der Waals surface area contributed by atoms with E-state index in [-0.39, 0.29) is 24.1 Å². The lowest BCUT2D eigenvalue weighted by molar-refractivity contribution is -0.155. The first-order valence-electron chi connectivity index (χ1n) is 10.1. The van der Waals surface area contributed by atoms with Gasteiger partial charge in [-0.15, -0.1) is 11.3 Å². The van der Waals surface area contributed by atoms with Gasteiger partial charge in [0, 0.05) is 10.9 Å². The van der Waals surface area contributed by atoms with Crippen LogP contribution in [0.15, 0.2) is 11.1 Å². The van der Waals surface area contributed by atoms with Crippen LogP contribution >= 0.6 is 11.3 Å². The smallest absolute Gasteiger partial charge is 0.326 e. The van der Waals surface area contributed by atoms with Gasteiger partial charge in [0.05, 0.1) is 11.7 Å². The third kappa shape index (κ3) is 4.52. The van der Waals surface area contributed by atoms with Crippen LogP contribution < -0.4 is 10.9 Å². The third-order valence-corrected chi connectivity index (χ3v) is 7.28. The zero-order valence-electron chi connectivity index (χ0n) is 17.7. The average molecular weight is 420 g/mol. The number of thiophene rings is 1. The molecule has 2 heterocycles. The second-order valence-electron chi connectivity index (χ2n) is 8.16. The number of aromatic nitrogens is 2. The van der Waals surface area contributed by atoms with Crippen molar-refractivity contribution in [3.8, 4) is 0 Å². The minimum atomic E-state index is -0.913. The molecule has 0 saturated heterocycles. The highest BCUT2D eigenvalue weighted by Crippen LogP contribution is 2.29. The summed E-state index contributed by atoms with van der Waals surface area (Å²) in [6.07, 6.45) is 3.65. The quantitative estimate of drug-likeness (QED) is 0.753. The Kier molecular flexibility index (Phi) is 6.41. The Morgan fingerprint density at radius 3 is 2.79 bits per heavy atom. The summed E-state index contributed by atoms with van der Waals surface area (Å²) in [4.78, 5) is 43.5. The van der Waals surface area contributed by atoms with Gasteiger partial charge in [-0.05, 0) is 44.6 Å². The van der Waals surface area contributed by atoms with Gasteiger partial charge in [-0.25, -0.2) is 4.98 Å². The first kappa shape index (κ1) is 21.5. The minimum absolute atomic E-state index is 0.103. The Morgan fingerprint density at radius 1 is 1.34 bits per heavy atom. The summed E-state index contributed by atoms with van der Waals surface area (Å²) in [5, 5.41) is 3.55. The molecule has 0 aliphatic heterocycles. The van der Waals surface area contributed by atoms with E-state index in [1.54, 1.807) is 6.92 Å².